The zero-order valence-electron chi connectivity index (χ0n) is 12.3. The maximum Gasteiger partial charge on any atom is 0.282 e. The predicted octanol–water partition coefficient (Wildman–Crippen LogP) is 2.60. The Bertz CT molecular complexity index is 942. The molecule has 0 fully saturated rings. The van der Waals surface area contributed by atoms with E-state index >= 15 is 0 Å². The number of para-hydroxylation sites is 2. The van der Waals surface area contributed by atoms with Gasteiger partial charge in [0.1, 0.15) is 11.6 Å². The molecule has 0 radical (unpaired) electrons. The molecule has 5 nitrogen and oxygen atoms in total. The van der Waals surface area contributed by atoms with E-state index in [0.29, 0.717) is 22.3 Å². The maximum atomic E-state index is 12.5. The van der Waals surface area contributed by atoms with Gasteiger partial charge < -0.3 is 5.11 Å². The third-order valence-corrected chi connectivity index (χ3v) is 3.50. The first-order valence-electron chi connectivity index (χ1n) is 6.89. The maximum absolute atomic E-state index is 12.5. The first kappa shape index (κ1) is 14.0. The van der Waals surface area contributed by atoms with E-state index in [1.165, 1.54) is 10.9 Å². The fraction of sp³-hybridized carbons (Fsp3) is 0.118. The fourth-order valence-electron chi connectivity index (χ4n) is 2.28. The molecule has 0 aliphatic rings. The van der Waals surface area contributed by atoms with Crippen LogP contribution in [0.5, 0.6) is 5.75 Å². The van der Waals surface area contributed by atoms with Gasteiger partial charge in [-0.1, -0.05) is 24.3 Å². The van der Waals surface area contributed by atoms with Gasteiger partial charge in [-0.15, -0.1) is 0 Å². The van der Waals surface area contributed by atoms with Crippen LogP contribution in [0.2, 0.25) is 0 Å². The molecule has 0 unspecified atom stereocenters. The van der Waals surface area contributed by atoms with Gasteiger partial charge in [0.2, 0.25) is 0 Å². The van der Waals surface area contributed by atoms with Gasteiger partial charge in [0.25, 0.3) is 5.56 Å². The summed E-state index contributed by atoms with van der Waals surface area (Å²) in [4.78, 5) is 16.8. The molecule has 3 rings (SSSR count). The van der Waals surface area contributed by atoms with E-state index in [9.17, 15) is 9.90 Å². The molecule has 3 aromatic rings. The van der Waals surface area contributed by atoms with Crippen molar-refractivity contribution in [2.45, 2.75) is 13.8 Å². The first-order chi connectivity index (χ1) is 10.6. The van der Waals surface area contributed by atoms with Crippen LogP contribution in [0.4, 0.5) is 0 Å². The van der Waals surface area contributed by atoms with Crippen LogP contribution >= 0.6 is 0 Å². The topological polar surface area (TPSA) is 67.5 Å². The lowest BCUT2D eigenvalue weighted by Gasteiger charge is -2.06. The summed E-state index contributed by atoms with van der Waals surface area (Å²) in [5.74, 6) is 0.651. The van der Waals surface area contributed by atoms with Gasteiger partial charge in [0, 0.05) is 5.56 Å². The average molecular weight is 293 g/mol. The Kier molecular flexibility index (Phi) is 3.47. The van der Waals surface area contributed by atoms with Crippen LogP contribution in [0.25, 0.3) is 10.9 Å². The Hall–Kier alpha value is -2.95. The van der Waals surface area contributed by atoms with Gasteiger partial charge in [-0.3, -0.25) is 4.79 Å². The second-order valence-electron chi connectivity index (χ2n) is 5.05. The Labute approximate surface area is 127 Å². The number of phenolic OH excluding ortho intramolecular Hbond substituents is 1. The number of rotatable bonds is 2. The molecule has 0 saturated heterocycles. The van der Waals surface area contributed by atoms with Crippen molar-refractivity contribution in [1.29, 1.82) is 0 Å². The second-order valence-corrected chi connectivity index (χ2v) is 5.05. The van der Waals surface area contributed by atoms with Gasteiger partial charge >= 0.3 is 0 Å². The van der Waals surface area contributed by atoms with E-state index < -0.39 is 0 Å². The van der Waals surface area contributed by atoms with Gasteiger partial charge in [0.15, 0.2) is 0 Å². The summed E-state index contributed by atoms with van der Waals surface area (Å²) in [7, 11) is 0. The van der Waals surface area contributed by atoms with Gasteiger partial charge in [-0.05, 0) is 37.6 Å². The van der Waals surface area contributed by atoms with Crippen LogP contribution < -0.4 is 5.56 Å². The Morgan fingerprint density at radius 1 is 1.14 bits per heavy atom. The third kappa shape index (κ3) is 2.37. The molecule has 110 valence electrons. The summed E-state index contributed by atoms with van der Waals surface area (Å²) in [5.41, 5.74) is 1.73. The number of benzene rings is 2. The van der Waals surface area contributed by atoms with Crippen LogP contribution in [0.3, 0.4) is 0 Å². The standard InChI is InChI=1S/C17H15N3O2/c1-11-6-5-7-13(16(11)21)10-18-20-12(2)19-15-9-4-3-8-14(15)17(20)22/h3-10,21H,1-2H3. The molecule has 2 aromatic carbocycles. The number of aromatic nitrogens is 2. The molecule has 0 atom stereocenters. The largest absolute Gasteiger partial charge is 0.507 e. The van der Waals surface area contributed by atoms with E-state index in [2.05, 4.69) is 10.1 Å². The van der Waals surface area contributed by atoms with E-state index in [1.807, 2.05) is 25.1 Å². The smallest absolute Gasteiger partial charge is 0.282 e. The minimum atomic E-state index is -0.230. The molecule has 0 bridgehead atoms. The molecular formula is C17H15N3O2. The highest BCUT2D eigenvalue weighted by atomic mass is 16.3. The summed E-state index contributed by atoms with van der Waals surface area (Å²) in [5, 5.41) is 14.7. The minimum Gasteiger partial charge on any atom is -0.507 e. The molecule has 22 heavy (non-hydrogen) atoms. The van der Waals surface area contributed by atoms with Crippen molar-refractivity contribution < 1.29 is 5.11 Å². The number of aryl methyl sites for hydroxylation is 2. The minimum absolute atomic E-state index is 0.158. The third-order valence-electron chi connectivity index (χ3n) is 3.50. The molecule has 0 spiro atoms. The van der Waals surface area contributed by atoms with E-state index in [4.69, 9.17) is 0 Å². The fourth-order valence-corrected chi connectivity index (χ4v) is 2.28. The summed E-state index contributed by atoms with van der Waals surface area (Å²) in [6, 6.07) is 12.5. The van der Waals surface area contributed by atoms with E-state index in [-0.39, 0.29) is 11.3 Å². The zero-order valence-corrected chi connectivity index (χ0v) is 12.3. The van der Waals surface area contributed by atoms with Gasteiger partial charge in [0.05, 0.1) is 17.1 Å². The molecule has 0 saturated carbocycles. The molecule has 1 heterocycles. The van der Waals surface area contributed by atoms with Crippen molar-refractivity contribution in [2.75, 3.05) is 0 Å². The summed E-state index contributed by atoms with van der Waals surface area (Å²) in [6.07, 6.45) is 1.47. The lowest BCUT2D eigenvalue weighted by molar-refractivity contribution is 0.470. The highest BCUT2D eigenvalue weighted by Crippen LogP contribution is 2.19. The van der Waals surface area contributed by atoms with Crippen molar-refractivity contribution in [3.05, 3.63) is 69.8 Å². The molecular weight excluding hydrogens is 278 g/mol. The molecule has 0 aliphatic carbocycles. The van der Waals surface area contributed by atoms with E-state index in [0.717, 1.165) is 5.56 Å². The molecule has 0 amide bonds. The van der Waals surface area contributed by atoms with Crippen molar-refractivity contribution in [1.82, 2.24) is 9.66 Å². The highest BCUT2D eigenvalue weighted by molar-refractivity contribution is 5.84. The Morgan fingerprint density at radius 2 is 1.91 bits per heavy atom. The van der Waals surface area contributed by atoms with E-state index in [1.54, 1.807) is 31.2 Å². The van der Waals surface area contributed by atoms with Crippen LogP contribution in [0, 0.1) is 13.8 Å². The van der Waals surface area contributed by atoms with Gasteiger partial charge in [-0.25, -0.2) is 4.98 Å². The number of hydrogen-bond acceptors (Lipinski definition) is 4. The van der Waals surface area contributed by atoms with Crippen molar-refractivity contribution >= 4 is 17.1 Å². The average Bonchev–Trinajstić information content (AvgIpc) is 2.51. The monoisotopic (exact) mass is 293 g/mol. The summed E-state index contributed by atoms with van der Waals surface area (Å²) >= 11 is 0. The summed E-state index contributed by atoms with van der Waals surface area (Å²) in [6.45, 7) is 3.53. The Morgan fingerprint density at radius 3 is 2.73 bits per heavy atom. The van der Waals surface area contributed by atoms with Crippen LogP contribution in [0.1, 0.15) is 17.0 Å². The van der Waals surface area contributed by atoms with Crippen LogP contribution in [-0.2, 0) is 0 Å². The molecule has 0 aliphatic heterocycles. The second kappa shape index (κ2) is 5.44. The van der Waals surface area contributed by atoms with Crippen molar-refractivity contribution in [2.24, 2.45) is 5.10 Å². The lowest BCUT2D eigenvalue weighted by atomic mass is 10.1. The molecule has 1 aromatic heterocycles. The quantitative estimate of drug-likeness (QED) is 0.738. The molecule has 5 heteroatoms. The van der Waals surface area contributed by atoms with Crippen molar-refractivity contribution in [3.8, 4) is 5.75 Å². The lowest BCUT2D eigenvalue weighted by Crippen LogP contribution is -2.20. The number of nitrogens with zero attached hydrogens (tertiary/aromatic N) is 3. The van der Waals surface area contributed by atoms with Gasteiger partial charge in [-0.2, -0.15) is 9.78 Å². The predicted molar refractivity (Wildman–Crippen MR) is 86.6 cm³/mol. The SMILES string of the molecule is Cc1cccc(C=Nn2c(C)nc3ccccc3c2=O)c1O. The Balaban J connectivity index is 2.13. The van der Waals surface area contributed by atoms with Crippen LogP contribution in [-0.4, -0.2) is 21.0 Å². The number of phenols is 1. The zero-order chi connectivity index (χ0) is 15.7. The van der Waals surface area contributed by atoms with Crippen LogP contribution in [0.15, 0.2) is 52.4 Å². The first-order valence-corrected chi connectivity index (χ1v) is 6.89. The highest BCUT2D eigenvalue weighted by Gasteiger charge is 2.07. The summed E-state index contributed by atoms with van der Waals surface area (Å²) < 4.78 is 1.24. The van der Waals surface area contributed by atoms with Crippen molar-refractivity contribution in [3.63, 3.8) is 0 Å². The number of aromatic hydroxyl groups is 1. The number of hydrogen-bond donors (Lipinski definition) is 1. The number of fused-ring (bicyclic) bond motifs is 1. The normalized spacial score (nSPS) is 11.4. The molecule has 1 N–H and O–H groups in total.